The fourth-order valence-corrected chi connectivity index (χ4v) is 3.93. The normalized spacial score (nSPS) is 20.1. The number of rotatable bonds is 5. The van der Waals surface area contributed by atoms with Gasteiger partial charge in [-0.1, -0.05) is 33.8 Å². The van der Waals surface area contributed by atoms with Crippen LogP contribution in [-0.2, 0) is 15.7 Å². The summed E-state index contributed by atoms with van der Waals surface area (Å²) in [7, 11) is 0. The quantitative estimate of drug-likeness (QED) is 0.652. The van der Waals surface area contributed by atoms with Crippen molar-refractivity contribution in [1.82, 2.24) is 10.3 Å². The van der Waals surface area contributed by atoms with Crippen LogP contribution in [0.5, 0.6) is 0 Å². The zero-order valence-electron chi connectivity index (χ0n) is 18.8. The molecule has 174 valence electrons. The lowest BCUT2D eigenvalue weighted by Gasteiger charge is -2.39. The van der Waals surface area contributed by atoms with Gasteiger partial charge in [-0.3, -0.25) is 9.78 Å². The number of Topliss-reactive ketones (excluding diaryl/α,β-unsaturated/α-hetero) is 1. The highest BCUT2D eigenvalue weighted by molar-refractivity contribution is 6.00. The zero-order valence-corrected chi connectivity index (χ0v) is 18.8. The number of aromatic nitrogens is 1. The van der Waals surface area contributed by atoms with Crippen LogP contribution in [0.4, 0.5) is 13.2 Å². The second-order valence-electron chi connectivity index (χ2n) is 8.21. The van der Waals surface area contributed by atoms with Crippen LogP contribution < -0.4 is 11.1 Å². The molecule has 9 heteroatoms. The third-order valence-corrected chi connectivity index (χ3v) is 5.16. The third-order valence-electron chi connectivity index (χ3n) is 5.16. The Morgan fingerprint density at radius 2 is 2.00 bits per heavy atom. The number of dihydropyridines is 1. The summed E-state index contributed by atoms with van der Waals surface area (Å²) < 4.78 is 44.3. The average molecular weight is 451 g/mol. The van der Waals surface area contributed by atoms with E-state index in [0.29, 0.717) is 35.5 Å². The number of alkyl halides is 3. The molecule has 1 atom stereocenters. The third kappa shape index (κ3) is 5.56. The summed E-state index contributed by atoms with van der Waals surface area (Å²) in [5, 5.41) is 13.0. The molecule has 32 heavy (non-hydrogen) atoms. The molecule has 1 unspecified atom stereocenters. The number of ketones is 1. The molecule has 0 fully saturated rings. The molecule has 3 rings (SSSR count). The molecule has 1 aliphatic carbocycles. The lowest BCUT2D eigenvalue weighted by molar-refractivity contribution is -0.141. The van der Waals surface area contributed by atoms with Gasteiger partial charge in [0, 0.05) is 30.4 Å². The van der Waals surface area contributed by atoms with Crippen molar-refractivity contribution < 1.29 is 22.7 Å². The molecule has 1 aromatic rings. The van der Waals surface area contributed by atoms with Crippen LogP contribution in [0.15, 0.2) is 40.9 Å². The van der Waals surface area contributed by atoms with Crippen LogP contribution in [0.2, 0.25) is 0 Å². The Morgan fingerprint density at radius 3 is 2.53 bits per heavy atom. The number of pyridine rings is 1. The number of halogens is 3. The van der Waals surface area contributed by atoms with Crippen molar-refractivity contribution in [3.8, 4) is 6.07 Å². The molecule has 2 aliphatic rings. The first kappa shape index (κ1) is 25.6. The number of hydrogen-bond donors (Lipinski definition) is 2. The van der Waals surface area contributed by atoms with Gasteiger partial charge in [-0.2, -0.15) is 18.4 Å². The fourth-order valence-electron chi connectivity index (χ4n) is 3.93. The van der Waals surface area contributed by atoms with Crippen LogP contribution in [0.1, 0.15) is 57.7 Å². The van der Waals surface area contributed by atoms with E-state index in [-0.39, 0.29) is 36.4 Å². The molecule has 1 aliphatic heterocycles. The van der Waals surface area contributed by atoms with Gasteiger partial charge in [0.05, 0.1) is 36.5 Å². The number of hydrogen-bond acceptors (Lipinski definition) is 6. The van der Waals surface area contributed by atoms with Crippen molar-refractivity contribution in [2.24, 2.45) is 11.1 Å². The van der Waals surface area contributed by atoms with Crippen LogP contribution in [0, 0.1) is 16.7 Å². The van der Waals surface area contributed by atoms with E-state index in [9.17, 15) is 23.2 Å². The Bertz CT molecular complexity index is 941. The number of nitrogens with two attached hydrogens (primary N) is 1. The van der Waals surface area contributed by atoms with Crippen molar-refractivity contribution in [1.29, 1.82) is 5.26 Å². The Hall–Kier alpha value is -2.70. The van der Waals surface area contributed by atoms with Crippen molar-refractivity contribution in [3.63, 3.8) is 0 Å². The van der Waals surface area contributed by atoms with E-state index in [1.54, 1.807) is 0 Å². The van der Waals surface area contributed by atoms with Gasteiger partial charge in [-0.25, -0.2) is 0 Å². The minimum absolute atomic E-state index is 0.0794. The highest BCUT2D eigenvalue weighted by Gasteiger charge is 2.42. The van der Waals surface area contributed by atoms with Gasteiger partial charge in [-0.05, 0) is 23.5 Å². The first-order valence-electron chi connectivity index (χ1n) is 10.5. The highest BCUT2D eigenvalue weighted by atomic mass is 19.4. The number of carbonyl (C=O) groups excluding carboxylic acids is 1. The zero-order chi connectivity index (χ0) is 24.1. The van der Waals surface area contributed by atoms with E-state index in [4.69, 9.17) is 10.5 Å². The van der Waals surface area contributed by atoms with Gasteiger partial charge in [0.1, 0.15) is 5.69 Å². The molecular formula is C23H29F3N4O2. The maximum Gasteiger partial charge on any atom is 0.433 e. The number of ether oxygens (including phenoxy) is 1. The number of carbonyl (C=O) groups is 1. The lowest BCUT2D eigenvalue weighted by atomic mass is 9.69. The molecule has 0 spiro atoms. The van der Waals surface area contributed by atoms with E-state index >= 15 is 0 Å². The Balaban J connectivity index is 0.00000176. The average Bonchev–Trinajstić information content (AvgIpc) is 2.73. The molecule has 0 aromatic carbocycles. The second kappa shape index (κ2) is 10.3. The molecule has 0 bridgehead atoms. The minimum Gasteiger partial charge on any atom is -0.374 e. The second-order valence-corrected chi connectivity index (χ2v) is 8.21. The highest BCUT2D eigenvalue weighted by Crippen LogP contribution is 2.46. The molecule has 1 aromatic heterocycles. The Morgan fingerprint density at radius 1 is 1.31 bits per heavy atom. The van der Waals surface area contributed by atoms with Crippen LogP contribution in [0.3, 0.4) is 0 Å². The summed E-state index contributed by atoms with van der Waals surface area (Å²) in [6, 6.07) is 4.26. The van der Waals surface area contributed by atoms with Crippen molar-refractivity contribution in [2.45, 2.75) is 52.6 Å². The molecular weight excluding hydrogens is 421 g/mol. The molecule has 0 radical (unpaired) electrons. The number of nitrogens with zero attached hydrogens (tertiary/aromatic N) is 2. The Labute approximate surface area is 186 Å². The van der Waals surface area contributed by atoms with Crippen molar-refractivity contribution in [2.75, 3.05) is 19.8 Å². The Kier molecular flexibility index (Phi) is 8.21. The minimum atomic E-state index is -4.57. The van der Waals surface area contributed by atoms with Gasteiger partial charge in [0.2, 0.25) is 0 Å². The van der Waals surface area contributed by atoms with E-state index in [1.807, 2.05) is 27.7 Å². The maximum atomic E-state index is 13.0. The van der Waals surface area contributed by atoms with Gasteiger partial charge in [-0.15, -0.1) is 0 Å². The van der Waals surface area contributed by atoms with Crippen molar-refractivity contribution >= 4 is 5.78 Å². The molecule has 0 saturated carbocycles. The maximum absolute atomic E-state index is 13.0. The topological polar surface area (TPSA) is 101 Å². The summed E-state index contributed by atoms with van der Waals surface area (Å²) in [4.78, 5) is 16.5. The lowest BCUT2D eigenvalue weighted by Crippen LogP contribution is -2.38. The summed E-state index contributed by atoms with van der Waals surface area (Å²) in [5.41, 5.74) is 6.32. The SMILES string of the molecule is CC.CC1(C)CC(=O)C2=C(C1)NC(COCCN)=C(C#N)C2c1ccc(C(F)(F)F)nc1. The van der Waals surface area contributed by atoms with Gasteiger partial charge < -0.3 is 15.8 Å². The summed E-state index contributed by atoms with van der Waals surface area (Å²) in [6.45, 7) is 8.61. The van der Waals surface area contributed by atoms with E-state index in [2.05, 4.69) is 16.4 Å². The smallest absolute Gasteiger partial charge is 0.374 e. The summed E-state index contributed by atoms with van der Waals surface area (Å²) in [6.07, 6.45) is -2.63. The fraction of sp³-hybridized carbons (Fsp3) is 0.522. The van der Waals surface area contributed by atoms with E-state index < -0.39 is 17.8 Å². The van der Waals surface area contributed by atoms with E-state index in [1.165, 1.54) is 6.07 Å². The number of nitriles is 1. The molecule has 0 amide bonds. The van der Waals surface area contributed by atoms with Crippen LogP contribution in [-0.4, -0.2) is 30.5 Å². The van der Waals surface area contributed by atoms with Crippen LogP contribution in [0.25, 0.3) is 0 Å². The first-order valence-corrected chi connectivity index (χ1v) is 10.5. The predicted molar refractivity (Wildman–Crippen MR) is 114 cm³/mol. The summed E-state index contributed by atoms with van der Waals surface area (Å²) >= 11 is 0. The van der Waals surface area contributed by atoms with Gasteiger partial charge in [0.25, 0.3) is 0 Å². The van der Waals surface area contributed by atoms with Gasteiger partial charge in [0.15, 0.2) is 5.78 Å². The first-order chi connectivity index (χ1) is 15.1. The standard InChI is InChI=1S/C21H23F3N4O2.C2H6/c1-20(2)7-14-19(16(29)8-20)18(12-3-4-17(27-10-12)21(22,23)24)13(9-26)15(28-14)11-30-6-5-25;1-2/h3-4,10,18,28H,5-8,11,25H2,1-2H3;1-2H3. The van der Waals surface area contributed by atoms with Crippen molar-refractivity contribution in [3.05, 3.63) is 52.1 Å². The number of nitrogens with one attached hydrogen (secondary N) is 1. The predicted octanol–water partition coefficient (Wildman–Crippen LogP) is 4.21. The monoisotopic (exact) mass is 450 g/mol. The molecule has 2 heterocycles. The summed E-state index contributed by atoms with van der Waals surface area (Å²) in [5.74, 6) is -0.922. The largest absolute Gasteiger partial charge is 0.433 e. The van der Waals surface area contributed by atoms with E-state index in [0.717, 1.165) is 12.3 Å². The van der Waals surface area contributed by atoms with Crippen LogP contribution >= 0.6 is 0 Å². The van der Waals surface area contributed by atoms with Gasteiger partial charge >= 0.3 is 6.18 Å². The molecule has 3 N–H and O–H groups in total. The molecule has 0 saturated heterocycles. The number of allylic oxidation sites excluding steroid dienone is 3. The molecule has 6 nitrogen and oxygen atoms in total.